The molecule has 0 unspecified atom stereocenters. The van der Waals surface area contributed by atoms with Crippen molar-refractivity contribution < 1.29 is 9.90 Å². The van der Waals surface area contributed by atoms with Crippen LogP contribution in [0.25, 0.3) is 10.9 Å². The molecule has 2 aromatic carbocycles. The highest BCUT2D eigenvalue weighted by Gasteiger charge is 2.07. The lowest BCUT2D eigenvalue weighted by Gasteiger charge is -2.07. The number of aromatic amines is 1. The Balaban J connectivity index is 1.49. The van der Waals surface area contributed by atoms with Crippen molar-refractivity contribution in [1.82, 2.24) is 9.55 Å². The second kappa shape index (κ2) is 8.35. The van der Waals surface area contributed by atoms with E-state index in [1.54, 1.807) is 36.4 Å². The quantitative estimate of drug-likeness (QED) is 0.558. The Hall–Kier alpha value is -3.35. The maximum atomic E-state index is 12.4. The standard InChI is InChI=1S/C20H21N3O4/c24-15-8-6-7-14(13-15)21-18(25)11-2-1-5-12-23-19(26)16-9-3-4-10-17(16)22-20(23)27/h3-4,6-10,13,24H,1-2,5,11-12H2,(H,21,25)(H,22,27). The molecule has 3 rings (SSSR count). The van der Waals surface area contributed by atoms with Gasteiger partial charge in [0.25, 0.3) is 5.56 Å². The maximum absolute atomic E-state index is 12.4. The van der Waals surface area contributed by atoms with E-state index in [1.165, 1.54) is 16.7 Å². The third-order valence-corrected chi connectivity index (χ3v) is 4.30. The highest BCUT2D eigenvalue weighted by molar-refractivity contribution is 5.90. The summed E-state index contributed by atoms with van der Waals surface area (Å²) >= 11 is 0. The van der Waals surface area contributed by atoms with E-state index in [0.29, 0.717) is 48.8 Å². The van der Waals surface area contributed by atoms with E-state index < -0.39 is 5.69 Å². The molecule has 0 aliphatic rings. The Bertz CT molecular complexity index is 1070. The van der Waals surface area contributed by atoms with Gasteiger partial charge in [0.05, 0.1) is 10.9 Å². The van der Waals surface area contributed by atoms with Crippen molar-refractivity contribution in [1.29, 1.82) is 0 Å². The molecule has 0 radical (unpaired) electrons. The van der Waals surface area contributed by atoms with Crippen molar-refractivity contribution in [3.05, 3.63) is 69.4 Å². The summed E-state index contributed by atoms with van der Waals surface area (Å²) in [6, 6.07) is 13.3. The van der Waals surface area contributed by atoms with Gasteiger partial charge in [0.2, 0.25) is 5.91 Å². The molecule has 0 bridgehead atoms. The molecule has 3 aromatic rings. The number of nitrogens with one attached hydrogen (secondary N) is 2. The lowest BCUT2D eigenvalue weighted by Crippen LogP contribution is -2.35. The fourth-order valence-electron chi connectivity index (χ4n) is 2.94. The monoisotopic (exact) mass is 367 g/mol. The molecule has 27 heavy (non-hydrogen) atoms. The van der Waals surface area contributed by atoms with Gasteiger partial charge in [-0.3, -0.25) is 14.2 Å². The minimum Gasteiger partial charge on any atom is -0.508 e. The van der Waals surface area contributed by atoms with Crippen LogP contribution < -0.4 is 16.6 Å². The minimum atomic E-state index is -0.416. The number of nitrogens with zero attached hydrogens (tertiary/aromatic N) is 1. The first-order valence-electron chi connectivity index (χ1n) is 8.85. The van der Waals surface area contributed by atoms with Gasteiger partial charge in [-0.05, 0) is 37.1 Å². The molecule has 0 saturated carbocycles. The third-order valence-electron chi connectivity index (χ3n) is 4.30. The van der Waals surface area contributed by atoms with E-state index in [2.05, 4.69) is 10.3 Å². The van der Waals surface area contributed by atoms with Crippen LogP contribution >= 0.6 is 0 Å². The molecule has 0 spiro atoms. The fourth-order valence-corrected chi connectivity index (χ4v) is 2.94. The number of phenols is 1. The van der Waals surface area contributed by atoms with Crippen molar-refractivity contribution in [3.8, 4) is 5.75 Å². The average molecular weight is 367 g/mol. The Morgan fingerprint density at radius 1 is 1.04 bits per heavy atom. The molecule has 0 aliphatic carbocycles. The average Bonchev–Trinajstić information content (AvgIpc) is 2.64. The van der Waals surface area contributed by atoms with E-state index in [1.807, 2.05) is 0 Å². The van der Waals surface area contributed by atoms with Gasteiger partial charge in [-0.2, -0.15) is 0 Å². The molecule has 7 heteroatoms. The van der Waals surface area contributed by atoms with Gasteiger partial charge in [0.15, 0.2) is 0 Å². The number of phenolic OH excluding ortho intramolecular Hbond substituents is 1. The molecular weight excluding hydrogens is 346 g/mol. The molecule has 1 amide bonds. The van der Waals surface area contributed by atoms with Crippen LogP contribution in [-0.2, 0) is 11.3 Å². The number of rotatable bonds is 7. The van der Waals surface area contributed by atoms with E-state index in [9.17, 15) is 19.5 Å². The lowest BCUT2D eigenvalue weighted by molar-refractivity contribution is -0.116. The molecule has 0 aliphatic heterocycles. The summed E-state index contributed by atoms with van der Waals surface area (Å²) in [6.45, 7) is 0.313. The van der Waals surface area contributed by atoms with E-state index in [0.717, 1.165) is 0 Å². The fraction of sp³-hybridized carbons (Fsp3) is 0.250. The first-order chi connectivity index (χ1) is 13.0. The van der Waals surface area contributed by atoms with E-state index in [-0.39, 0.29) is 17.2 Å². The Morgan fingerprint density at radius 2 is 1.85 bits per heavy atom. The first-order valence-corrected chi connectivity index (χ1v) is 8.85. The molecule has 1 aromatic heterocycles. The highest BCUT2D eigenvalue weighted by Crippen LogP contribution is 2.15. The van der Waals surface area contributed by atoms with Crippen LogP contribution in [0.2, 0.25) is 0 Å². The second-order valence-corrected chi connectivity index (χ2v) is 6.34. The van der Waals surface area contributed by atoms with Crippen LogP contribution in [-0.4, -0.2) is 20.6 Å². The number of carbonyl (C=O) groups is 1. The molecule has 0 saturated heterocycles. The summed E-state index contributed by atoms with van der Waals surface area (Å²) < 4.78 is 1.20. The topological polar surface area (TPSA) is 104 Å². The summed E-state index contributed by atoms with van der Waals surface area (Å²) in [5.74, 6) is -0.0415. The molecule has 0 fully saturated rings. The third kappa shape index (κ3) is 4.63. The Kier molecular flexibility index (Phi) is 5.71. The van der Waals surface area contributed by atoms with Crippen LogP contribution in [0, 0.1) is 0 Å². The van der Waals surface area contributed by atoms with Crippen LogP contribution in [0.3, 0.4) is 0 Å². The van der Waals surface area contributed by atoms with Gasteiger partial charge in [-0.25, -0.2) is 4.79 Å². The first kappa shape index (κ1) is 18.4. The number of aromatic hydroxyl groups is 1. The summed E-state index contributed by atoms with van der Waals surface area (Å²) in [4.78, 5) is 39.1. The number of H-pyrrole nitrogens is 1. The number of anilines is 1. The second-order valence-electron chi connectivity index (χ2n) is 6.34. The van der Waals surface area contributed by atoms with Crippen LogP contribution in [0.1, 0.15) is 25.7 Å². The van der Waals surface area contributed by atoms with Crippen molar-refractivity contribution in [2.45, 2.75) is 32.2 Å². The maximum Gasteiger partial charge on any atom is 0.328 e. The Labute approximate surface area is 155 Å². The van der Waals surface area contributed by atoms with Gasteiger partial charge in [0, 0.05) is 24.7 Å². The zero-order valence-corrected chi connectivity index (χ0v) is 14.8. The minimum absolute atomic E-state index is 0.0962. The number of amides is 1. The summed E-state index contributed by atoms with van der Waals surface area (Å²) in [5, 5.41) is 12.6. The van der Waals surface area contributed by atoms with Crippen LogP contribution in [0.15, 0.2) is 58.1 Å². The Morgan fingerprint density at radius 3 is 2.67 bits per heavy atom. The van der Waals surface area contributed by atoms with Gasteiger partial charge in [0.1, 0.15) is 5.75 Å². The van der Waals surface area contributed by atoms with Crippen LogP contribution in [0.5, 0.6) is 5.75 Å². The number of fused-ring (bicyclic) bond motifs is 1. The van der Waals surface area contributed by atoms with Gasteiger partial charge in [-0.15, -0.1) is 0 Å². The smallest absolute Gasteiger partial charge is 0.328 e. The zero-order valence-electron chi connectivity index (χ0n) is 14.8. The van der Waals surface area contributed by atoms with Crippen molar-refractivity contribution in [3.63, 3.8) is 0 Å². The molecule has 140 valence electrons. The van der Waals surface area contributed by atoms with Gasteiger partial charge in [-0.1, -0.05) is 24.6 Å². The molecule has 0 atom stereocenters. The van der Waals surface area contributed by atoms with E-state index in [4.69, 9.17) is 0 Å². The number of hydrogen-bond acceptors (Lipinski definition) is 4. The molecule has 1 heterocycles. The number of carbonyl (C=O) groups excluding carboxylic acids is 1. The summed E-state index contributed by atoms with van der Waals surface area (Å²) in [6.07, 6.45) is 2.32. The number of unbranched alkanes of at least 4 members (excludes halogenated alkanes) is 2. The van der Waals surface area contributed by atoms with Crippen molar-refractivity contribution in [2.24, 2.45) is 0 Å². The largest absolute Gasteiger partial charge is 0.508 e. The predicted octanol–water partition coefficient (Wildman–Crippen LogP) is 2.59. The van der Waals surface area contributed by atoms with Gasteiger partial charge >= 0.3 is 5.69 Å². The predicted molar refractivity (Wildman–Crippen MR) is 104 cm³/mol. The molecule has 7 nitrogen and oxygen atoms in total. The number of aromatic nitrogens is 2. The number of hydrogen-bond donors (Lipinski definition) is 3. The number of para-hydroxylation sites is 1. The van der Waals surface area contributed by atoms with Crippen LogP contribution in [0.4, 0.5) is 5.69 Å². The highest BCUT2D eigenvalue weighted by atomic mass is 16.3. The van der Waals surface area contributed by atoms with E-state index >= 15 is 0 Å². The zero-order chi connectivity index (χ0) is 19.2. The van der Waals surface area contributed by atoms with Crippen molar-refractivity contribution >= 4 is 22.5 Å². The van der Waals surface area contributed by atoms with Crippen molar-refractivity contribution in [2.75, 3.05) is 5.32 Å². The summed E-state index contributed by atoms with van der Waals surface area (Å²) in [7, 11) is 0. The van der Waals surface area contributed by atoms with Gasteiger partial charge < -0.3 is 15.4 Å². The molecule has 3 N–H and O–H groups in total. The number of benzene rings is 2. The SMILES string of the molecule is O=C(CCCCCn1c(=O)[nH]c2ccccc2c1=O)Nc1cccc(O)c1. The lowest BCUT2D eigenvalue weighted by atomic mass is 10.1. The normalized spacial score (nSPS) is 10.8. The summed E-state index contributed by atoms with van der Waals surface area (Å²) in [5.41, 5.74) is 0.373. The molecular formula is C20H21N3O4.